The third-order valence-corrected chi connectivity index (χ3v) is 2.96. The molecule has 0 amide bonds. The van der Waals surface area contributed by atoms with Gasteiger partial charge < -0.3 is 10.6 Å². The van der Waals surface area contributed by atoms with E-state index in [2.05, 4.69) is 47.3 Å². The van der Waals surface area contributed by atoms with Crippen molar-refractivity contribution in [3.63, 3.8) is 0 Å². The second kappa shape index (κ2) is 5.65. The van der Waals surface area contributed by atoms with Gasteiger partial charge in [-0.25, -0.2) is 0 Å². The molecule has 0 saturated carbocycles. The standard InChI is InChI=1S/C15H19N3/c1-12-4-3-5-14(17-12)11-18(2)15-8-6-13(10-16)7-9-15/h3-9H,10-11,16H2,1-2H3. The van der Waals surface area contributed by atoms with Crippen molar-refractivity contribution in [3.8, 4) is 0 Å². The highest BCUT2D eigenvalue weighted by Gasteiger charge is 2.03. The van der Waals surface area contributed by atoms with Gasteiger partial charge in [-0.05, 0) is 36.8 Å². The molecule has 0 aliphatic rings. The molecule has 0 bridgehead atoms. The maximum absolute atomic E-state index is 5.59. The Morgan fingerprint density at radius 3 is 2.44 bits per heavy atom. The minimum atomic E-state index is 0.587. The molecule has 18 heavy (non-hydrogen) atoms. The average molecular weight is 241 g/mol. The Labute approximate surface area is 108 Å². The lowest BCUT2D eigenvalue weighted by atomic mass is 10.2. The predicted molar refractivity (Wildman–Crippen MR) is 75.4 cm³/mol. The Kier molecular flexibility index (Phi) is 3.95. The van der Waals surface area contributed by atoms with Gasteiger partial charge in [-0.1, -0.05) is 18.2 Å². The number of rotatable bonds is 4. The molecule has 3 heteroatoms. The predicted octanol–water partition coefficient (Wildman–Crippen LogP) is 2.49. The van der Waals surface area contributed by atoms with Crippen molar-refractivity contribution in [1.82, 2.24) is 4.98 Å². The Hall–Kier alpha value is -1.87. The van der Waals surface area contributed by atoms with E-state index in [1.165, 1.54) is 5.69 Å². The lowest BCUT2D eigenvalue weighted by Gasteiger charge is -2.19. The van der Waals surface area contributed by atoms with Gasteiger partial charge in [0.05, 0.1) is 12.2 Å². The van der Waals surface area contributed by atoms with Crippen LogP contribution in [0.2, 0.25) is 0 Å². The van der Waals surface area contributed by atoms with Crippen molar-refractivity contribution >= 4 is 5.69 Å². The molecule has 2 aromatic rings. The molecule has 2 N–H and O–H groups in total. The van der Waals surface area contributed by atoms with Crippen LogP contribution in [0.3, 0.4) is 0 Å². The van der Waals surface area contributed by atoms with E-state index in [0.717, 1.165) is 23.5 Å². The summed E-state index contributed by atoms with van der Waals surface area (Å²) in [6.07, 6.45) is 0. The summed E-state index contributed by atoms with van der Waals surface area (Å²) < 4.78 is 0. The molecule has 0 unspecified atom stereocenters. The maximum Gasteiger partial charge on any atom is 0.0600 e. The molecule has 0 spiro atoms. The molecule has 94 valence electrons. The molecule has 2 rings (SSSR count). The summed E-state index contributed by atoms with van der Waals surface area (Å²) in [4.78, 5) is 6.69. The van der Waals surface area contributed by atoms with Crippen LogP contribution in [-0.4, -0.2) is 12.0 Å². The van der Waals surface area contributed by atoms with Crippen LogP contribution in [0, 0.1) is 6.92 Å². The van der Waals surface area contributed by atoms with Crippen molar-refractivity contribution in [2.24, 2.45) is 5.73 Å². The fraction of sp³-hybridized carbons (Fsp3) is 0.267. The molecular formula is C15H19N3. The van der Waals surface area contributed by atoms with Crippen LogP contribution in [0.4, 0.5) is 5.69 Å². The summed E-state index contributed by atoms with van der Waals surface area (Å²) in [5.74, 6) is 0. The third-order valence-electron chi connectivity index (χ3n) is 2.96. The fourth-order valence-corrected chi connectivity index (χ4v) is 1.91. The zero-order valence-corrected chi connectivity index (χ0v) is 10.9. The smallest absolute Gasteiger partial charge is 0.0600 e. The van der Waals surface area contributed by atoms with Crippen LogP contribution < -0.4 is 10.6 Å². The van der Waals surface area contributed by atoms with Gasteiger partial charge in [-0.2, -0.15) is 0 Å². The molecule has 1 aromatic heterocycles. The number of hydrogen-bond acceptors (Lipinski definition) is 3. The number of anilines is 1. The van der Waals surface area contributed by atoms with Gasteiger partial charge in [0, 0.05) is 25.0 Å². The summed E-state index contributed by atoms with van der Waals surface area (Å²) in [7, 11) is 2.07. The van der Waals surface area contributed by atoms with Gasteiger partial charge in [0.2, 0.25) is 0 Å². The number of nitrogens with two attached hydrogens (primary N) is 1. The van der Waals surface area contributed by atoms with Gasteiger partial charge in [0.25, 0.3) is 0 Å². The van der Waals surface area contributed by atoms with E-state index in [9.17, 15) is 0 Å². The Bertz CT molecular complexity index is 505. The van der Waals surface area contributed by atoms with Crippen LogP contribution >= 0.6 is 0 Å². The van der Waals surface area contributed by atoms with E-state index in [1.807, 2.05) is 19.1 Å². The van der Waals surface area contributed by atoms with Crippen molar-refractivity contribution in [2.45, 2.75) is 20.0 Å². The Balaban J connectivity index is 2.09. The Morgan fingerprint density at radius 1 is 1.11 bits per heavy atom. The summed E-state index contributed by atoms with van der Waals surface area (Å²) in [5.41, 5.74) is 10.1. The molecule has 0 atom stereocenters. The highest BCUT2D eigenvalue weighted by molar-refractivity contribution is 5.47. The maximum atomic E-state index is 5.59. The van der Waals surface area contributed by atoms with Crippen molar-refractivity contribution in [2.75, 3.05) is 11.9 Å². The van der Waals surface area contributed by atoms with Crippen molar-refractivity contribution in [3.05, 3.63) is 59.4 Å². The molecule has 0 fully saturated rings. The lowest BCUT2D eigenvalue weighted by Crippen LogP contribution is -2.17. The minimum absolute atomic E-state index is 0.587. The molecule has 0 radical (unpaired) electrons. The third kappa shape index (κ3) is 3.08. The van der Waals surface area contributed by atoms with Crippen LogP contribution in [0.15, 0.2) is 42.5 Å². The van der Waals surface area contributed by atoms with E-state index in [1.54, 1.807) is 0 Å². The van der Waals surface area contributed by atoms with E-state index < -0.39 is 0 Å². The van der Waals surface area contributed by atoms with Crippen LogP contribution in [-0.2, 0) is 13.1 Å². The van der Waals surface area contributed by atoms with Gasteiger partial charge >= 0.3 is 0 Å². The van der Waals surface area contributed by atoms with Crippen LogP contribution in [0.25, 0.3) is 0 Å². The number of aromatic nitrogens is 1. The molecule has 1 aromatic carbocycles. The first-order chi connectivity index (χ1) is 8.69. The fourth-order valence-electron chi connectivity index (χ4n) is 1.91. The monoisotopic (exact) mass is 241 g/mol. The molecule has 1 heterocycles. The van der Waals surface area contributed by atoms with E-state index in [-0.39, 0.29) is 0 Å². The van der Waals surface area contributed by atoms with Gasteiger partial charge in [0.1, 0.15) is 0 Å². The van der Waals surface area contributed by atoms with Crippen molar-refractivity contribution < 1.29 is 0 Å². The Morgan fingerprint density at radius 2 is 1.83 bits per heavy atom. The molecular weight excluding hydrogens is 222 g/mol. The van der Waals surface area contributed by atoms with Gasteiger partial charge in [0.15, 0.2) is 0 Å². The van der Waals surface area contributed by atoms with Crippen LogP contribution in [0.5, 0.6) is 0 Å². The van der Waals surface area contributed by atoms with E-state index in [0.29, 0.717) is 6.54 Å². The van der Waals surface area contributed by atoms with Crippen LogP contribution in [0.1, 0.15) is 17.0 Å². The number of aryl methyl sites for hydroxylation is 1. The highest BCUT2D eigenvalue weighted by atomic mass is 15.1. The molecule has 0 aliphatic carbocycles. The summed E-state index contributed by atoms with van der Waals surface area (Å²) in [6, 6.07) is 14.4. The number of benzene rings is 1. The summed E-state index contributed by atoms with van der Waals surface area (Å²) in [6.45, 7) is 3.41. The average Bonchev–Trinajstić information content (AvgIpc) is 2.39. The first kappa shape index (κ1) is 12.6. The highest BCUT2D eigenvalue weighted by Crippen LogP contribution is 2.15. The first-order valence-corrected chi connectivity index (χ1v) is 6.12. The number of pyridine rings is 1. The van der Waals surface area contributed by atoms with Gasteiger partial charge in [-0.15, -0.1) is 0 Å². The molecule has 0 aliphatic heterocycles. The zero-order chi connectivity index (χ0) is 13.0. The second-order valence-electron chi connectivity index (χ2n) is 4.50. The topological polar surface area (TPSA) is 42.1 Å². The molecule has 3 nitrogen and oxygen atoms in total. The number of nitrogens with zero attached hydrogens (tertiary/aromatic N) is 2. The SMILES string of the molecule is Cc1cccc(CN(C)c2ccc(CN)cc2)n1. The quantitative estimate of drug-likeness (QED) is 0.894. The van der Waals surface area contributed by atoms with Crippen molar-refractivity contribution in [1.29, 1.82) is 0 Å². The normalized spacial score (nSPS) is 10.4. The minimum Gasteiger partial charge on any atom is -0.369 e. The molecule has 0 saturated heterocycles. The summed E-state index contributed by atoms with van der Waals surface area (Å²) in [5, 5.41) is 0. The second-order valence-corrected chi connectivity index (χ2v) is 4.50. The lowest BCUT2D eigenvalue weighted by molar-refractivity contribution is 0.876. The van der Waals surface area contributed by atoms with Gasteiger partial charge in [-0.3, -0.25) is 4.98 Å². The summed E-state index contributed by atoms with van der Waals surface area (Å²) >= 11 is 0. The van der Waals surface area contributed by atoms with E-state index >= 15 is 0 Å². The largest absolute Gasteiger partial charge is 0.369 e. The van der Waals surface area contributed by atoms with E-state index in [4.69, 9.17) is 5.73 Å². The first-order valence-electron chi connectivity index (χ1n) is 6.12. The number of hydrogen-bond donors (Lipinski definition) is 1. The zero-order valence-electron chi connectivity index (χ0n) is 10.9.